The molecule has 1 unspecified atom stereocenters. The fourth-order valence-electron chi connectivity index (χ4n) is 2.61. The van der Waals surface area contributed by atoms with Crippen LogP contribution in [-0.4, -0.2) is 77.6 Å². The Labute approximate surface area is 125 Å². The molecule has 0 saturated carbocycles. The molecule has 0 radical (unpaired) electrons. The van der Waals surface area contributed by atoms with Gasteiger partial charge in [0.15, 0.2) is 5.82 Å². The molecule has 1 saturated heterocycles. The predicted molar refractivity (Wildman–Crippen MR) is 78.7 cm³/mol. The third kappa shape index (κ3) is 4.50. The van der Waals surface area contributed by atoms with Gasteiger partial charge in [0.25, 0.3) is 0 Å². The number of aromatic nitrogens is 2. The fourth-order valence-corrected chi connectivity index (χ4v) is 2.61. The third-order valence-electron chi connectivity index (χ3n) is 4.04. The maximum atomic E-state index is 12.1. The van der Waals surface area contributed by atoms with Crippen LogP contribution in [0.4, 0.5) is 0 Å². The number of likely N-dealkylation sites (tertiary alicyclic amines) is 1. The van der Waals surface area contributed by atoms with Crippen molar-refractivity contribution < 1.29 is 9.32 Å². The molecule has 7 nitrogen and oxygen atoms in total. The van der Waals surface area contributed by atoms with E-state index >= 15 is 0 Å². The van der Waals surface area contributed by atoms with Gasteiger partial charge in [0.05, 0.1) is 6.54 Å². The van der Waals surface area contributed by atoms with E-state index in [1.165, 1.54) is 6.42 Å². The zero-order chi connectivity index (χ0) is 15.4. The molecule has 7 heteroatoms. The molecule has 1 aromatic heterocycles. The molecule has 1 fully saturated rings. The summed E-state index contributed by atoms with van der Waals surface area (Å²) >= 11 is 0. The molecule has 0 N–H and O–H groups in total. The van der Waals surface area contributed by atoms with E-state index in [1.807, 2.05) is 0 Å². The molecule has 1 amide bonds. The van der Waals surface area contributed by atoms with Gasteiger partial charge in [0.2, 0.25) is 11.8 Å². The van der Waals surface area contributed by atoms with Crippen molar-refractivity contribution in [2.24, 2.45) is 0 Å². The first-order valence-electron chi connectivity index (χ1n) is 7.37. The fraction of sp³-hybridized carbons (Fsp3) is 0.786. The smallest absolute Gasteiger partial charge is 0.246 e. The monoisotopic (exact) mass is 295 g/mol. The summed E-state index contributed by atoms with van der Waals surface area (Å²) in [5, 5.41) is 3.73. The Balaban J connectivity index is 1.73. The zero-order valence-electron chi connectivity index (χ0n) is 13.4. The molecular weight excluding hydrogens is 270 g/mol. The highest BCUT2D eigenvalue weighted by molar-refractivity contribution is 5.75. The van der Waals surface area contributed by atoms with E-state index in [1.54, 1.807) is 18.9 Å². The van der Waals surface area contributed by atoms with Crippen molar-refractivity contribution in [3.8, 4) is 0 Å². The van der Waals surface area contributed by atoms with E-state index < -0.39 is 0 Å². The number of likely N-dealkylation sites (N-methyl/N-ethyl adjacent to an activating group) is 2. The molecule has 0 spiro atoms. The SMILES string of the molecule is Cc1noc(CN(C)C(=O)CCN(C)C2CCN(C)C2)n1. The van der Waals surface area contributed by atoms with Gasteiger partial charge in [0.1, 0.15) is 0 Å². The molecule has 0 bridgehead atoms. The standard InChI is InChI=1S/C14H25N5O2/c1-11-15-13(21-16-11)10-19(4)14(20)6-8-18(3)12-5-7-17(2)9-12/h12H,5-10H2,1-4H3. The van der Waals surface area contributed by atoms with Crippen LogP contribution in [0.25, 0.3) is 0 Å². The Bertz CT molecular complexity index is 476. The molecule has 21 heavy (non-hydrogen) atoms. The summed E-state index contributed by atoms with van der Waals surface area (Å²) in [5.41, 5.74) is 0. The van der Waals surface area contributed by atoms with Crippen molar-refractivity contribution in [3.05, 3.63) is 11.7 Å². The van der Waals surface area contributed by atoms with Gasteiger partial charge >= 0.3 is 0 Å². The van der Waals surface area contributed by atoms with E-state index in [0.29, 0.717) is 30.7 Å². The van der Waals surface area contributed by atoms with Gasteiger partial charge in [-0.25, -0.2) is 0 Å². The highest BCUT2D eigenvalue weighted by Crippen LogP contribution is 2.13. The minimum atomic E-state index is 0.101. The lowest BCUT2D eigenvalue weighted by atomic mass is 10.2. The second-order valence-corrected chi connectivity index (χ2v) is 5.92. The van der Waals surface area contributed by atoms with E-state index in [2.05, 4.69) is 34.0 Å². The molecule has 2 rings (SSSR count). The average Bonchev–Trinajstić information content (AvgIpc) is 3.04. The van der Waals surface area contributed by atoms with Crippen LogP contribution in [0, 0.1) is 6.92 Å². The normalized spacial score (nSPS) is 19.4. The molecule has 0 aromatic carbocycles. The van der Waals surface area contributed by atoms with Crippen LogP contribution in [0.2, 0.25) is 0 Å². The number of nitrogens with zero attached hydrogens (tertiary/aromatic N) is 5. The van der Waals surface area contributed by atoms with Crippen LogP contribution < -0.4 is 0 Å². The van der Waals surface area contributed by atoms with Crippen LogP contribution in [-0.2, 0) is 11.3 Å². The van der Waals surface area contributed by atoms with Gasteiger partial charge in [-0.05, 0) is 34.0 Å². The van der Waals surface area contributed by atoms with Crippen LogP contribution in [0.5, 0.6) is 0 Å². The molecule has 0 aliphatic carbocycles. The maximum Gasteiger partial charge on any atom is 0.246 e. The summed E-state index contributed by atoms with van der Waals surface area (Å²) in [5.74, 6) is 1.18. The Morgan fingerprint density at radius 1 is 1.48 bits per heavy atom. The zero-order valence-corrected chi connectivity index (χ0v) is 13.4. The van der Waals surface area contributed by atoms with E-state index in [9.17, 15) is 4.79 Å². The molecular formula is C14H25N5O2. The molecule has 1 aliphatic heterocycles. The first-order valence-corrected chi connectivity index (χ1v) is 7.37. The lowest BCUT2D eigenvalue weighted by Crippen LogP contribution is -2.37. The Kier molecular flexibility index (Phi) is 5.30. The summed E-state index contributed by atoms with van der Waals surface area (Å²) in [4.78, 5) is 22.5. The van der Waals surface area contributed by atoms with Crippen molar-refractivity contribution in [1.29, 1.82) is 0 Å². The Morgan fingerprint density at radius 2 is 2.24 bits per heavy atom. The number of carbonyl (C=O) groups is 1. The largest absolute Gasteiger partial charge is 0.337 e. The predicted octanol–water partition coefficient (Wildman–Crippen LogP) is 0.362. The van der Waals surface area contributed by atoms with E-state index in [0.717, 1.165) is 19.6 Å². The maximum absolute atomic E-state index is 12.1. The van der Waals surface area contributed by atoms with Gasteiger partial charge in [-0.3, -0.25) is 4.79 Å². The summed E-state index contributed by atoms with van der Waals surface area (Å²) in [6, 6.07) is 0.562. The number of amides is 1. The van der Waals surface area contributed by atoms with Gasteiger partial charge in [-0.2, -0.15) is 4.98 Å². The second kappa shape index (κ2) is 7.00. The summed E-state index contributed by atoms with van der Waals surface area (Å²) in [6.07, 6.45) is 1.69. The van der Waals surface area contributed by atoms with Gasteiger partial charge < -0.3 is 19.2 Å². The van der Waals surface area contributed by atoms with Crippen molar-refractivity contribution in [1.82, 2.24) is 24.8 Å². The lowest BCUT2D eigenvalue weighted by Gasteiger charge is -2.24. The highest BCUT2D eigenvalue weighted by Gasteiger charge is 2.23. The van der Waals surface area contributed by atoms with Crippen LogP contribution >= 0.6 is 0 Å². The van der Waals surface area contributed by atoms with Gasteiger partial charge in [-0.15, -0.1) is 0 Å². The van der Waals surface area contributed by atoms with Crippen molar-refractivity contribution in [2.45, 2.75) is 32.4 Å². The molecule has 1 aromatic rings. The minimum absolute atomic E-state index is 0.101. The highest BCUT2D eigenvalue weighted by atomic mass is 16.5. The third-order valence-corrected chi connectivity index (χ3v) is 4.04. The number of hydrogen-bond donors (Lipinski definition) is 0. The summed E-state index contributed by atoms with van der Waals surface area (Å²) in [6.45, 7) is 5.14. The first kappa shape index (κ1) is 15.9. The van der Waals surface area contributed by atoms with Crippen molar-refractivity contribution >= 4 is 5.91 Å². The summed E-state index contributed by atoms with van der Waals surface area (Å²) in [7, 11) is 6.00. The number of hydrogen-bond acceptors (Lipinski definition) is 6. The molecule has 1 atom stereocenters. The second-order valence-electron chi connectivity index (χ2n) is 5.92. The molecule has 118 valence electrons. The van der Waals surface area contributed by atoms with Crippen LogP contribution in [0.3, 0.4) is 0 Å². The number of carbonyl (C=O) groups excluding carboxylic acids is 1. The number of rotatable bonds is 6. The van der Waals surface area contributed by atoms with Crippen LogP contribution in [0.1, 0.15) is 24.6 Å². The van der Waals surface area contributed by atoms with Crippen LogP contribution in [0.15, 0.2) is 4.52 Å². The molecule has 2 heterocycles. The summed E-state index contributed by atoms with van der Waals surface area (Å²) < 4.78 is 5.03. The minimum Gasteiger partial charge on any atom is -0.337 e. The van der Waals surface area contributed by atoms with Gasteiger partial charge in [-0.1, -0.05) is 5.16 Å². The quantitative estimate of drug-likeness (QED) is 0.755. The van der Waals surface area contributed by atoms with Crippen molar-refractivity contribution in [2.75, 3.05) is 40.8 Å². The topological polar surface area (TPSA) is 65.7 Å². The average molecular weight is 295 g/mol. The van der Waals surface area contributed by atoms with Crippen molar-refractivity contribution in [3.63, 3.8) is 0 Å². The first-order chi connectivity index (χ1) is 9.95. The van der Waals surface area contributed by atoms with Gasteiger partial charge in [0, 0.05) is 32.6 Å². The van der Waals surface area contributed by atoms with E-state index in [4.69, 9.17) is 4.52 Å². The number of aryl methyl sites for hydroxylation is 1. The lowest BCUT2D eigenvalue weighted by molar-refractivity contribution is -0.131. The Hall–Kier alpha value is -1.47. The Morgan fingerprint density at radius 3 is 2.81 bits per heavy atom. The van der Waals surface area contributed by atoms with E-state index in [-0.39, 0.29) is 5.91 Å². The molecule has 1 aliphatic rings.